The number of rotatable bonds is 6. The predicted molar refractivity (Wildman–Crippen MR) is 62.5 cm³/mol. The Balaban J connectivity index is 0. The molecule has 0 rings (SSSR count). The molecule has 0 amide bonds. The van der Waals surface area contributed by atoms with E-state index in [9.17, 15) is 0 Å². The first kappa shape index (κ1) is 16.3. The summed E-state index contributed by atoms with van der Waals surface area (Å²) in [6.07, 6.45) is 0. The van der Waals surface area contributed by atoms with Gasteiger partial charge in [0.25, 0.3) is 0 Å². The summed E-state index contributed by atoms with van der Waals surface area (Å²) in [7, 11) is -1.73. The van der Waals surface area contributed by atoms with Crippen LogP contribution in [0.5, 0.6) is 0 Å². The molecule has 0 bridgehead atoms. The third-order valence-electron chi connectivity index (χ3n) is 0.908. The van der Waals surface area contributed by atoms with E-state index >= 15 is 0 Å². The topological polar surface area (TPSA) is 27.7 Å². The van der Waals surface area contributed by atoms with Gasteiger partial charge in [-0.3, -0.25) is 0 Å². The van der Waals surface area contributed by atoms with Crippen molar-refractivity contribution in [2.75, 3.05) is 19.8 Å². The van der Waals surface area contributed by atoms with Crippen molar-refractivity contribution in [1.82, 2.24) is 0 Å². The zero-order chi connectivity index (χ0) is 11.4. The van der Waals surface area contributed by atoms with Gasteiger partial charge in [0.05, 0.1) is 0 Å². The summed E-state index contributed by atoms with van der Waals surface area (Å²) >= 11 is 0. The van der Waals surface area contributed by atoms with Gasteiger partial charge in [0, 0.05) is 19.8 Å². The maximum Gasteiger partial charge on any atom is 0.484 e. The van der Waals surface area contributed by atoms with Crippen LogP contribution in [0.25, 0.3) is 0 Å². The quantitative estimate of drug-likeness (QED) is 0.508. The maximum atomic E-state index is 5.22. The molecule has 0 aromatic heterocycles. The molecule has 0 saturated carbocycles. The van der Waals surface area contributed by atoms with E-state index < -0.39 is 9.53 Å². The molecule has 14 heavy (non-hydrogen) atoms. The van der Waals surface area contributed by atoms with Crippen LogP contribution >= 0.6 is 0 Å². The van der Waals surface area contributed by atoms with Crippen LogP contribution in [-0.2, 0) is 13.3 Å². The minimum Gasteiger partial charge on any atom is -0.376 e. The molecule has 0 N–H and O–H groups in total. The van der Waals surface area contributed by atoms with E-state index in [1.54, 1.807) is 0 Å². The smallest absolute Gasteiger partial charge is 0.376 e. The average Bonchev–Trinajstić information content (AvgIpc) is 2.04. The molecule has 4 heteroatoms. The molecular formula is C10H24O3Si. The van der Waals surface area contributed by atoms with Crippen LogP contribution in [0.1, 0.15) is 34.6 Å². The minimum atomic E-state index is -1.73. The highest BCUT2D eigenvalue weighted by Crippen LogP contribution is 1.91. The zero-order valence-corrected chi connectivity index (χ0v) is 11.3. The van der Waals surface area contributed by atoms with E-state index in [2.05, 4.69) is 6.58 Å². The fourth-order valence-electron chi connectivity index (χ4n) is 0.553. The van der Waals surface area contributed by atoms with Gasteiger partial charge in [-0.1, -0.05) is 5.57 Å². The molecule has 0 aliphatic rings. The number of hydrogen-bond acceptors (Lipinski definition) is 3. The first-order valence-electron chi connectivity index (χ1n) is 5.05. The Kier molecular flexibility index (Phi) is 14.9. The van der Waals surface area contributed by atoms with Gasteiger partial charge in [-0.05, 0) is 34.6 Å². The lowest BCUT2D eigenvalue weighted by Crippen LogP contribution is -2.27. The predicted octanol–water partition coefficient (Wildman–Crippen LogP) is 2.40. The Morgan fingerprint density at radius 1 is 0.929 bits per heavy atom. The van der Waals surface area contributed by atoms with Crippen LogP contribution in [0, 0.1) is 0 Å². The van der Waals surface area contributed by atoms with Crippen LogP contribution in [0.3, 0.4) is 0 Å². The Morgan fingerprint density at radius 3 is 1.29 bits per heavy atom. The molecule has 3 nitrogen and oxygen atoms in total. The molecule has 0 spiro atoms. The third kappa shape index (κ3) is 17.8. The molecule has 0 aromatic rings. The molecule has 0 radical (unpaired) electrons. The summed E-state index contributed by atoms with van der Waals surface area (Å²) in [5.41, 5.74) is 1.17. The Bertz CT molecular complexity index is 110. The van der Waals surface area contributed by atoms with Crippen LogP contribution in [-0.4, -0.2) is 29.3 Å². The van der Waals surface area contributed by atoms with Crippen molar-refractivity contribution in [3.05, 3.63) is 12.2 Å². The lowest BCUT2D eigenvalue weighted by atomic mass is 10.4. The third-order valence-corrected chi connectivity index (χ3v) is 2.72. The molecule has 0 aliphatic heterocycles. The summed E-state index contributed by atoms with van der Waals surface area (Å²) in [6.45, 7) is 15.4. The summed E-state index contributed by atoms with van der Waals surface area (Å²) < 4.78 is 15.7. The lowest BCUT2D eigenvalue weighted by molar-refractivity contribution is 0.107. The fraction of sp³-hybridized carbons (Fsp3) is 0.800. The highest BCUT2D eigenvalue weighted by molar-refractivity contribution is 6.36. The summed E-state index contributed by atoms with van der Waals surface area (Å²) in [6, 6.07) is 0. The first-order valence-corrected chi connectivity index (χ1v) is 6.46. The van der Waals surface area contributed by atoms with Gasteiger partial charge in [-0.2, -0.15) is 0 Å². The van der Waals surface area contributed by atoms with Gasteiger partial charge < -0.3 is 13.3 Å². The van der Waals surface area contributed by atoms with Crippen LogP contribution < -0.4 is 0 Å². The van der Waals surface area contributed by atoms with Crippen molar-refractivity contribution >= 4 is 9.53 Å². The summed E-state index contributed by atoms with van der Waals surface area (Å²) in [5.74, 6) is 0. The molecule has 0 aromatic carbocycles. The molecule has 0 saturated heterocycles. The van der Waals surface area contributed by atoms with Gasteiger partial charge in [0.15, 0.2) is 0 Å². The minimum absolute atomic E-state index is 0.677. The standard InChI is InChI=1S/C6H16O3Si.C4H8/c1-4-7-10(8-5-2)9-6-3;1-4(2)3/h10H,4-6H2,1-3H3;1H2,2-3H3. The average molecular weight is 220 g/mol. The van der Waals surface area contributed by atoms with Gasteiger partial charge in [-0.25, -0.2) is 0 Å². The van der Waals surface area contributed by atoms with Crippen molar-refractivity contribution in [3.8, 4) is 0 Å². The Hall–Kier alpha value is -0.163. The highest BCUT2D eigenvalue weighted by Gasteiger charge is 2.11. The van der Waals surface area contributed by atoms with Crippen LogP contribution in [0.4, 0.5) is 0 Å². The second-order valence-electron chi connectivity index (χ2n) is 2.86. The number of hydrogen-bond donors (Lipinski definition) is 0. The fourth-order valence-corrected chi connectivity index (χ4v) is 1.66. The lowest BCUT2D eigenvalue weighted by Gasteiger charge is -2.12. The van der Waals surface area contributed by atoms with E-state index in [0.717, 1.165) is 0 Å². The van der Waals surface area contributed by atoms with E-state index in [1.807, 2.05) is 34.6 Å². The summed E-state index contributed by atoms with van der Waals surface area (Å²) in [5, 5.41) is 0. The van der Waals surface area contributed by atoms with E-state index in [-0.39, 0.29) is 0 Å². The normalized spacial score (nSPS) is 9.57. The van der Waals surface area contributed by atoms with Crippen molar-refractivity contribution < 1.29 is 13.3 Å². The van der Waals surface area contributed by atoms with Crippen molar-refractivity contribution in [2.24, 2.45) is 0 Å². The first-order chi connectivity index (χ1) is 6.58. The molecule has 0 fully saturated rings. The Morgan fingerprint density at radius 2 is 1.14 bits per heavy atom. The maximum absolute atomic E-state index is 5.22. The second-order valence-corrected chi connectivity index (χ2v) is 4.44. The van der Waals surface area contributed by atoms with Crippen molar-refractivity contribution in [2.45, 2.75) is 34.6 Å². The largest absolute Gasteiger partial charge is 0.484 e. The van der Waals surface area contributed by atoms with E-state index in [0.29, 0.717) is 19.8 Å². The van der Waals surface area contributed by atoms with Crippen LogP contribution in [0.15, 0.2) is 12.2 Å². The van der Waals surface area contributed by atoms with Gasteiger partial charge in [-0.15, -0.1) is 6.58 Å². The van der Waals surface area contributed by atoms with E-state index in [4.69, 9.17) is 13.3 Å². The van der Waals surface area contributed by atoms with Crippen molar-refractivity contribution in [1.29, 1.82) is 0 Å². The molecule has 86 valence electrons. The Labute approximate surface area is 90.0 Å². The zero-order valence-electron chi connectivity index (χ0n) is 10.1. The molecule has 0 heterocycles. The number of allylic oxidation sites excluding steroid dienone is 1. The van der Waals surface area contributed by atoms with Gasteiger partial charge in [0.2, 0.25) is 0 Å². The molecule has 0 unspecified atom stereocenters. The SMILES string of the molecule is C=C(C)C.CCO[SiH](OCC)OCC. The highest BCUT2D eigenvalue weighted by atomic mass is 28.3. The second kappa shape index (κ2) is 12.8. The monoisotopic (exact) mass is 220 g/mol. The van der Waals surface area contributed by atoms with E-state index in [1.165, 1.54) is 5.57 Å². The molecule has 0 atom stereocenters. The van der Waals surface area contributed by atoms with Gasteiger partial charge in [0.1, 0.15) is 0 Å². The van der Waals surface area contributed by atoms with Crippen LogP contribution in [0.2, 0.25) is 0 Å². The summed E-state index contributed by atoms with van der Waals surface area (Å²) in [4.78, 5) is 0. The van der Waals surface area contributed by atoms with Crippen molar-refractivity contribution in [3.63, 3.8) is 0 Å². The van der Waals surface area contributed by atoms with Gasteiger partial charge >= 0.3 is 9.53 Å². The molecular weight excluding hydrogens is 196 g/mol. The molecule has 0 aliphatic carbocycles.